The molecule has 0 aliphatic heterocycles. The van der Waals surface area contributed by atoms with Gasteiger partial charge < -0.3 is 10.2 Å². The predicted octanol–water partition coefficient (Wildman–Crippen LogP) is 3.25. The van der Waals surface area contributed by atoms with Crippen molar-refractivity contribution < 1.29 is 0 Å². The number of guanidine groups is 1. The molecule has 0 saturated heterocycles. The largest absolute Gasteiger partial charge is 0.356 e. The summed E-state index contributed by atoms with van der Waals surface area (Å²) in [5.74, 6) is 0.867. The second-order valence-corrected chi connectivity index (χ2v) is 7.00. The number of para-hydroxylation sites is 1. The summed E-state index contributed by atoms with van der Waals surface area (Å²) in [6.45, 7) is 3.56. The molecule has 0 aliphatic rings. The second kappa shape index (κ2) is 8.07. The third-order valence-electron chi connectivity index (χ3n) is 3.96. The number of aromatic nitrogens is 2. The Bertz CT molecular complexity index is 871. The van der Waals surface area contributed by atoms with Crippen molar-refractivity contribution >= 4 is 28.2 Å². The van der Waals surface area contributed by atoms with E-state index >= 15 is 0 Å². The third-order valence-corrected chi connectivity index (χ3v) is 4.78. The molecule has 3 aromatic rings. The molecule has 0 radical (unpaired) electrons. The number of nitrogens with one attached hydrogen (secondary N) is 1. The van der Waals surface area contributed by atoms with E-state index in [4.69, 9.17) is 4.98 Å². The third kappa shape index (κ3) is 4.54. The van der Waals surface area contributed by atoms with Gasteiger partial charge in [0.25, 0.3) is 0 Å². The van der Waals surface area contributed by atoms with Crippen molar-refractivity contribution in [2.45, 2.75) is 19.9 Å². The van der Waals surface area contributed by atoms with Crippen molar-refractivity contribution in [1.29, 1.82) is 0 Å². The molecule has 6 heteroatoms. The summed E-state index contributed by atoms with van der Waals surface area (Å²) in [5, 5.41) is 7.77. The first-order valence-corrected chi connectivity index (χ1v) is 9.21. The Morgan fingerprint density at radius 3 is 2.76 bits per heavy atom. The Balaban J connectivity index is 1.55. The molecule has 2 heterocycles. The molecule has 1 N–H and O–H groups in total. The van der Waals surface area contributed by atoms with Crippen LogP contribution in [-0.4, -0.2) is 41.5 Å². The van der Waals surface area contributed by atoms with Crippen LogP contribution in [0.1, 0.15) is 16.4 Å². The lowest BCUT2D eigenvalue weighted by Gasteiger charge is -2.21. The summed E-state index contributed by atoms with van der Waals surface area (Å²) in [5.41, 5.74) is 3.20. The number of thiazole rings is 1. The molecule has 0 amide bonds. The van der Waals surface area contributed by atoms with E-state index in [0.717, 1.165) is 47.4 Å². The lowest BCUT2D eigenvalue weighted by Crippen LogP contribution is -2.39. The van der Waals surface area contributed by atoms with Crippen molar-refractivity contribution in [2.75, 3.05) is 20.6 Å². The van der Waals surface area contributed by atoms with Gasteiger partial charge in [-0.05, 0) is 19.1 Å². The van der Waals surface area contributed by atoms with E-state index in [1.165, 1.54) is 5.39 Å². The highest BCUT2D eigenvalue weighted by molar-refractivity contribution is 7.09. The average molecular weight is 353 g/mol. The maximum Gasteiger partial charge on any atom is 0.193 e. The fourth-order valence-corrected chi connectivity index (χ4v) is 3.34. The van der Waals surface area contributed by atoms with Gasteiger partial charge in [-0.1, -0.05) is 24.3 Å². The minimum atomic E-state index is 0.748. The number of aliphatic imine (C=N–C) groups is 1. The summed E-state index contributed by atoms with van der Waals surface area (Å²) in [4.78, 5) is 15.7. The van der Waals surface area contributed by atoms with Crippen LogP contribution in [0.5, 0.6) is 0 Å². The summed E-state index contributed by atoms with van der Waals surface area (Å²) in [6.07, 6.45) is 0.855. The summed E-state index contributed by atoms with van der Waals surface area (Å²) >= 11 is 1.68. The zero-order valence-electron chi connectivity index (χ0n) is 14.9. The van der Waals surface area contributed by atoms with E-state index in [0.29, 0.717) is 0 Å². The van der Waals surface area contributed by atoms with Gasteiger partial charge in [-0.15, -0.1) is 11.3 Å². The van der Waals surface area contributed by atoms with Crippen molar-refractivity contribution in [1.82, 2.24) is 20.2 Å². The molecule has 0 bridgehead atoms. The number of aryl methyl sites for hydroxylation is 1. The van der Waals surface area contributed by atoms with Crippen LogP contribution in [0.25, 0.3) is 10.9 Å². The van der Waals surface area contributed by atoms with E-state index in [1.54, 1.807) is 18.4 Å². The molecular formula is C19H23N5S. The zero-order chi connectivity index (χ0) is 17.6. The Labute approximate surface area is 152 Å². The first-order valence-electron chi connectivity index (χ1n) is 8.33. The second-order valence-electron chi connectivity index (χ2n) is 5.93. The summed E-state index contributed by atoms with van der Waals surface area (Å²) in [7, 11) is 3.83. The predicted molar refractivity (Wildman–Crippen MR) is 105 cm³/mol. The molecule has 0 atom stereocenters. The number of hydrogen-bond acceptors (Lipinski definition) is 4. The van der Waals surface area contributed by atoms with Crippen molar-refractivity contribution in [2.24, 2.45) is 4.99 Å². The van der Waals surface area contributed by atoms with Gasteiger partial charge in [0.05, 0.1) is 22.8 Å². The lowest BCUT2D eigenvalue weighted by atomic mass is 10.2. The Morgan fingerprint density at radius 1 is 1.16 bits per heavy atom. The number of hydrogen-bond donors (Lipinski definition) is 1. The van der Waals surface area contributed by atoms with E-state index in [9.17, 15) is 0 Å². The average Bonchev–Trinajstić information content (AvgIpc) is 3.03. The maximum atomic E-state index is 4.71. The molecule has 2 aromatic heterocycles. The topological polar surface area (TPSA) is 53.4 Å². The molecule has 5 nitrogen and oxygen atoms in total. The van der Waals surface area contributed by atoms with E-state index in [1.807, 2.05) is 26.1 Å². The Hall–Kier alpha value is -2.47. The van der Waals surface area contributed by atoms with Crippen molar-refractivity contribution in [3.63, 3.8) is 0 Å². The van der Waals surface area contributed by atoms with Crippen LogP contribution in [0, 0.1) is 6.92 Å². The number of pyridine rings is 1. The molecular weight excluding hydrogens is 330 g/mol. The fraction of sp³-hybridized carbons (Fsp3) is 0.316. The van der Waals surface area contributed by atoms with Crippen LogP contribution >= 0.6 is 11.3 Å². The lowest BCUT2D eigenvalue weighted by molar-refractivity contribution is 0.471. The van der Waals surface area contributed by atoms with Gasteiger partial charge in [0, 0.05) is 43.5 Å². The van der Waals surface area contributed by atoms with Gasteiger partial charge in [0.1, 0.15) is 0 Å². The molecule has 130 valence electrons. The van der Waals surface area contributed by atoms with Crippen LogP contribution in [0.4, 0.5) is 0 Å². The van der Waals surface area contributed by atoms with Crippen LogP contribution in [0.3, 0.4) is 0 Å². The van der Waals surface area contributed by atoms with Gasteiger partial charge in [0.2, 0.25) is 0 Å². The highest BCUT2D eigenvalue weighted by Gasteiger charge is 2.08. The fourth-order valence-electron chi connectivity index (χ4n) is 2.73. The number of fused-ring (bicyclic) bond motifs is 1. The van der Waals surface area contributed by atoms with Crippen molar-refractivity contribution in [3.8, 4) is 0 Å². The minimum absolute atomic E-state index is 0.748. The van der Waals surface area contributed by atoms with Crippen molar-refractivity contribution in [3.05, 3.63) is 58.2 Å². The van der Waals surface area contributed by atoms with Gasteiger partial charge in [-0.25, -0.2) is 4.98 Å². The molecule has 0 aliphatic carbocycles. The molecule has 3 rings (SSSR count). The molecule has 1 aromatic carbocycles. The number of nitrogens with zero attached hydrogens (tertiary/aromatic N) is 4. The smallest absolute Gasteiger partial charge is 0.193 e. The molecule has 0 spiro atoms. The van der Waals surface area contributed by atoms with Crippen LogP contribution < -0.4 is 5.32 Å². The maximum absolute atomic E-state index is 4.71. The molecule has 0 saturated carbocycles. The standard InChI is InChI=1S/C19H23N5S/c1-14-22-17(13-25-14)12-24(3)19(20-2)21-11-10-16-9-8-15-6-4-5-7-18(15)23-16/h4-9,13H,10-12H2,1-3H3,(H,20,21). The molecule has 0 fully saturated rings. The summed E-state index contributed by atoms with van der Waals surface area (Å²) < 4.78 is 0. The highest BCUT2D eigenvalue weighted by Crippen LogP contribution is 2.12. The number of benzene rings is 1. The van der Waals surface area contributed by atoms with Crippen LogP contribution in [-0.2, 0) is 13.0 Å². The van der Waals surface area contributed by atoms with E-state index in [-0.39, 0.29) is 0 Å². The van der Waals surface area contributed by atoms with Gasteiger partial charge in [0.15, 0.2) is 5.96 Å². The minimum Gasteiger partial charge on any atom is -0.356 e. The highest BCUT2D eigenvalue weighted by atomic mass is 32.1. The van der Waals surface area contributed by atoms with Gasteiger partial charge >= 0.3 is 0 Å². The molecule has 0 unspecified atom stereocenters. The summed E-state index contributed by atoms with van der Waals surface area (Å²) in [6, 6.07) is 12.4. The van der Waals surface area contributed by atoms with Gasteiger partial charge in [-0.2, -0.15) is 0 Å². The first-order chi connectivity index (χ1) is 12.2. The van der Waals surface area contributed by atoms with Crippen LogP contribution in [0.2, 0.25) is 0 Å². The first kappa shape index (κ1) is 17.4. The monoisotopic (exact) mass is 353 g/mol. The normalized spacial score (nSPS) is 11.7. The van der Waals surface area contributed by atoms with E-state index < -0.39 is 0 Å². The quantitative estimate of drug-likeness (QED) is 0.565. The Kier molecular flexibility index (Phi) is 5.60. The van der Waals surface area contributed by atoms with E-state index in [2.05, 4.69) is 49.8 Å². The molecule has 25 heavy (non-hydrogen) atoms. The Morgan fingerprint density at radius 2 is 2.00 bits per heavy atom. The zero-order valence-corrected chi connectivity index (χ0v) is 15.7. The van der Waals surface area contributed by atoms with Gasteiger partial charge in [-0.3, -0.25) is 9.98 Å². The van der Waals surface area contributed by atoms with Crippen LogP contribution in [0.15, 0.2) is 46.8 Å². The SMILES string of the molecule is CN=C(NCCc1ccc2ccccc2n1)N(C)Cc1csc(C)n1. The number of rotatable bonds is 5.